The van der Waals surface area contributed by atoms with Crippen molar-refractivity contribution in [1.29, 1.82) is 10.5 Å². The minimum absolute atomic E-state index is 0.0332. The molecule has 0 bridgehead atoms. The fraction of sp³-hybridized carbons (Fsp3) is 0.294. The van der Waals surface area contributed by atoms with Gasteiger partial charge in [0.2, 0.25) is 11.9 Å². The Labute approximate surface area is 139 Å². The summed E-state index contributed by atoms with van der Waals surface area (Å²) in [6, 6.07) is 9.45. The predicted octanol–water partition coefficient (Wildman–Crippen LogP) is 2.57. The molecule has 0 fully saturated rings. The van der Waals surface area contributed by atoms with E-state index in [0.29, 0.717) is 13.0 Å². The monoisotopic (exact) mass is 323 g/mol. The molecule has 2 rings (SSSR count). The number of H-pyrrole nitrogens is 1. The van der Waals surface area contributed by atoms with E-state index in [0.717, 1.165) is 11.3 Å². The number of nitrogens with one attached hydrogen (secondary N) is 2. The van der Waals surface area contributed by atoms with E-state index in [1.807, 2.05) is 38.1 Å². The number of hydrogen-bond donors (Lipinski definition) is 2. The van der Waals surface area contributed by atoms with Crippen molar-refractivity contribution in [2.75, 3.05) is 11.9 Å². The molecule has 7 heteroatoms. The highest BCUT2D eigenvalue weighted by molar-refractivity contribution is 5.89. The SMILES string of the molecule is Cc1ccc(OCCCC(=O)Nc2nc(C#N)c(C#N)[nH]2)cc1C. The number of amides is 1. The molecule has 0 aliphatic rings. The standard InChI is InChI=1S/C17H17N5O2/c1-11-5-6-13(8-12(11)2)24-7-3-4-16(23)22-17-20-14(9-18)15(10-19)21-17/h5-6,8H,3-4,7H2,1-2H3,(H2,20,21,22,23). The van der Waals surface area contributed by atoms with Gasteiger partial charge in [-0.1, -0.05) is 6.07 Å². The predicted molar refractivity (Wildman–Crippen MR) is 87.3 cm³/mol. The van der Waals surface area contributed by atoms with Crippen molar-refractivity contribution in [2.45, 2.75) is 26.7 Å². The molecule has 122 valence electrons. The Morgan fingerprint density at radius 1 is 1.29 bits per heavy atom. The number of carbonyl (C=O) groups is 1. The number of nitriles is 2. The molecule has 1 heterocycles. The molecule has 1 aromatic carbocycles. The third-order valence-electron chi connectivity index (χ3n) is 3.47. The number of aryl methyl sites for hydroxylation is 2. The number of anilines is 1. The quantitative estimate of drug-likeness (QED) is 0.793. The molecule has 2 aromatic rings. The molecule has 7 nitrogen and oxygen atoms in total. The summed E-state index contributed by atoms with van der Waals surface area (Å²) < 4.78 is 5.61. The molecule has 0 saturated carbocycles. The van der Waals surface area contributed by atoms with Crippen LogP contribution in [0, 0.1) is 36.5 Å². The lowest BCUT2D eigenvalue weighted by atomic mass is 10.1. The van der Waals surface area contributed by atoms with Crippen molar-refractivity contribution in [3.05, 3.63) is 40.7 Å². The van der Waals surface area contributed by atoms with E-state index in [4.69, 9.17) is 15.3 Å². The minimum atomic E-state index is -0.263. The molecule has 1 aromatic heterocycles. The van der Waals surface area contributed by atoms with Gasteiger partial charge in [-0.3, -0.25) is 10.1 Å². The van der Waals surface area contributed by atoms with Crippen molar-refractivity contribution >= 4 is 11.9 Å². The summed E-state index contributed by atoms with van der Waals surface area (Å²) in [6.45, 7) is 4.47. The smallest absolute Gasteiger partial charge is 0.226 e. The second-order valence-electron chi connectivity index (χ2n) is 5.28. The first-order chi connectivity index (χ1) is 11.5. The van der Waals surface area contributed by atoms with Gasteiger partial charge in [0.1, 0.15) is 17.9 Å². The number of aromatic nitrogens is 2. The lowest BCUT2D eigenvalue weighted by molar-refractivity contribution is -0.116. The van der Waals surface area contributed by atoms with Crippen molar-refractivity contribution in [1.82, 2.24) is 9.97 Å². The average molecular weight is 323 g/mol. The summed E-state index contributed by atoms with van der Waals surface area (Å²) >= 11 is 0. The van der Waals surface area contributed by atoms with Gasteiger partial charge < -0.3 is 9.72 Å². The fourth-order valence-corrected chi connectivity index (χ4v) is 2.02. The molecule has 1 amide bonds. The van der Waals surface area contributed by atoms with Crippen LogP contribution in [0.15, 0.2) is 18.2 Å². The summed E-state index contributed by atoms with van der Waals surface area (Å²) in [5.41, 5.74) is 2.36. The van der Waals surface area contributed by atoms with Crippen LogP contribution in [0.5, 0.6) is 5.75 Å². The topological polar surface area (TPSA) is 115 Å². The highest BCUT2D eigenvalue weighted by Gasteiger charge is 2.11. The highest BCUT2D eigenvalue weighted by Crippen LogP contribution is 2.16. The van der Waals surface area contributed by atoms with Crippen LogP contribution in [0.1, 0.15) is 35.4 Å². The Hall–Kier alpha value is -3.32. The highest BCUT2D eigenvalue weighted by atomic mass is 16.5. The van der Waals surface area contributed by atoms with Gasteiger partial charge in [-0.2, -0.15) is 10.5 Å². The van der Waals surface area contributed by atoms with Crippen molar-refractivity contribution in [3.63, 3.8) is 0 Å². The zero-order chi connectivity index (χ0) is 17.5. The summed E-state index contributed by atoms with van der Waals surface area (Å²) in [4.78, 5) is 18.2. The van der Waals surface area contributed by atoms with Gasteiger partial charge in [-0.15, -0.1) is 0 Å². The minimum Gasteiger partial charge on any atom is -0.494 e. The van der Waals surface area contributed by atoms with Gasteiger partial charge in [-0.25, -0.2) is 4.98 Å². The lowest BCUT2D eigenvalue weighted by Crippen LogP contribution is -2.13. The molecule has 24 heavy (non-hydrogen) atoms. The Morgan fingerprint density at radius 3 is 2.71 bits per heavy atom. The van der Waals surface area contributed by atoms with Gasteiger partial charge in [0.25, 0.3) is 0 Å². The number of hydrogen-bond acceptors (Lipinski definition) is 5. The first kappa shape index (κ1) is 17.0. The van der Waals surface area contributed by atoms with Crippen LogP contribution in [0.25, 0.3) is 0 Å². The molecule has 0 radical (unpaired) electrons. The zero-order valence-corrected chi connectivity index (χ0v) is 13.5. The number of rotatable bonds is 6. The summed E-state index contributed by atoms with van der Waals surface area (Å²) in [7, 11) is 0. The zero-order valence-electron chi connectivity index (χ0n) is 13.5. The first-order valence-electron chi connectivity index (χ1n) is 7.43. The van der Waals surface area contributed by atoms with E-state index >= 15 is 0 Å². The van der Waals surface area contributed by atoms with Crippen LogP contribution in [-0.4, -0.2) is 22.5 Å². The maximum Gasteiger partial charge on any atom is 0.226 e. The summed E-state index contributed by atoms with van der Waals surface area (Å²) in [6.07, 6.45) is 0.783. The van der Waals surface area contributed by atoms with Crippen LogP contribution < -0.4 is 10.1 Å². The maximum absolute atomic E-state index is 11.8. The van der Waals surface area contributed by atoms with Crippen LogP contribution in [-0.2, 0) is 4.79 Å². The maximum atomic E-state index is 11.8. The fourth-order valence-electron chi connectivity index (χ4n) is 2.02. The Balaban J connectivity index is 1.77. The molecule has 0 spiro atoms. The third-order valence-corrected chi connectivity index (χ3v) is 3.47. The number of carbonyl (C=O) groups excluding carboxylic acids is 1. The second-order valence-corrected chi connectivity index (χ2v) is 5.28. The molecule has 0 atom stereocenters. The molecule has 0 aliphatic carbocycles. The summed E-state index contributed by atoms with van der Waals surface area (Å²) in [5, 5.41) is 20.1. The van der Waals surface area contributed by atoms with E-state index in [-0.39, 0.29) is 29.7 Å². The number of aromatic amines is 1. The van der Waals surface area contributed by atoms with Crippen LogP contribution >= 0.6 is 0 Å². The number of imidazole rings is 1. The number of nitrogens with zero attached hydrogens (tertiary/aromatic N) is 3. The second kappa shape index (κ2) is 7.80. The van der Waals surface area contributed by atoms with E-state index in [2.05, 4.69) is 15.3 Å². The van der Waals surface area contributed by atoms with Crippen molar-refractivity contribution < 1.29 is 9.53 Å². The van der Waals surface area contributed by atoms with Crippen molar-refractivity contribution in [3.8, 4) is 17.9 Å². The normalized spacial score (nSPS) is 9.83. The first-order valence-corrected chi connectivity index (χ1v) is 7.43. The Morgan fingerprint density at radius 2 is 2.08 bits per heavy atom. The van der Waals surface area contributed by atoms with Crippen LogP contribution in [0.4, 0.5) is 5.95 Å². The van der Waals surface area contributed by atoms with Gasteiger partial charge in [0.15, 0.2) is 11.4 Å². The molecule has 0 aliphatic heterocycles. The molecular formula is C17H17N5O2. The third kappa shape index (κ3) is 4.34. The van der Waals surface area contributed by atoms with Crippen molar-refractivity contribution in [2.24, 2.45) is 0 Å². The van der Waals surface area contributed by atoms with Gasteiger partial charge in [0.05, 0.1) is 6.61 Å². The van der Waals surface area contributed by atoms with Crippen LogP contribution in [0.3, 0.4) is 0 Å². The molecule has 2 N–H and O–H groups in total. The van der Waals surface area contributed by atoms with Gasteiger partial charge >= 0.3 is 0 Å². The Bertz CT molecular complexity index is 795. The average Bonchev–Trinajstić information content (AvgIpc) is 2.96. The lowest BCUT2D eigenvalue weighted by Gasteiger charge is -2.08. The molecule has 0 saturated heterocycles. The molecule has 0 unspecified atom stereocenters. The van der Waals surface area contributed by atoms with Gasteiger partial charge in [0, 0.05) is 6.42 Å². The van der Waals surface area contributed by atoms with Crippen LogP contribution in [0.2, 0.25) is 0 Å². The van der Waals surface area contributed by atoms with E-state index in [9.17, 15) is 4.79 Å². The molecular weight excluding hydrogens is 306 g/mol. The number of ether oxygens (including phenoxy) is 1. The summed E-state index contributed by atoms with van der Waals surface area (Å²) in [5.74, 6) is 0.617. The number of benzene rings is 1. The largest absolute Gasteiger partial charge is 0.494 e. The van der Waals surface area contributed by atoms with E-state index in [1.165, 1.54) is 5.56 Å². The van der Waals surface area contributed by atoms with Gasteiger partial charge in [-0.05, 0) is 43.5 Å². The van der Waals surface area contributed by atoms with E-state index in [1.54, 1.807) is 6.07 Å². The van der Waals surface area contributed by atoms with E-state index < -0.39 is 0 Å². The Kier molecular flexibility index (Phi) is 5.54.